The molecule has 1 aromatic carbocycles. The average molecular weight is 278 g/mol. The fraction of sp³-hybridized carbons (Fsp3) is 0.533. The molecule has 1 amide bonds. The Hall–Kier alpha value is -1.00. The van der Waals surface area contributed by atoms with Gasteiger partial charge in [0, 0.05) is 18.3 Å². The fourth-order valence-electron chi connectivity index (χ4n) is 2.36. The van der Waals surface area contributed by atoms with Crippen LogP contribution in [0.25, 0.3) is 0 Å². The minimum atomic E-state index is 0.104. The van der Waals surface area contributed by atoms with Crippen molar-refractivity contribution in [2.45, 2.75) is 37.5 Å². The highest BCUT2D eigenvalue weighted by Crippen LogP contribution is 2.24. The number of amides is 1. The normalized spacial score (nSPS) is 19.1. The van der Waals surface area contributed by atoms with Crippen LogP contribution in [0.15, 0.2) is 24.3 Å². The summed E-state index contributed by atoms with van der Waals surface area (Å²) >= 11 is 1.98. The Bertz CT molecular complexity index is 416. The van der Waals surface area contributed by atoms with Crippen LogP contribution in [-0.2, 0) is 17.8 Å². The van der Waals surface area contributed by atoms with E-state index in [0.29, 0.717) is 18.2 Å². The minimum absolute atomic E-state index is 0.104. The maximum Gasteiger partial charge on any atom is 0.224 e. The first-order chi connectivity index (χ1) is 9.29. The van der Waals surface area contributed by atoms with Gasteiger partial charge in [-0.2, -0.15) is 11.8 Å². The van der Waals surface area contributed by atoms with Gasteiger partial charge in [-0.25, -0.2) is 0 Å². The average Bonchev–Trinajstić information content (AvgIpc) is 2.47. The van der Waals surface area contributed by atoms with Crippen molar-refractivity contribution >= 4 is 17.7 Å². The molecule has 1 unspecified atom stereocenters. The van der Waals surface area contributed by atoms with Crippen LogP contribution in [-0.4, -0.2) is 23.5 Å². The van der Waals surface area contributed by atoms with E-state index < -0.39 is 0 Å². The molecule has 104 valence electrons. The van der Waals surface area contributed by atoms with E-state index in [4.69, 9.17) is 5.73 Å². The largest absolute Gasteiger partial charge is 0.355 e. The van der Waals surface area contributed by atoms with Crippen molar-refractivity contribution in [1.29, 1.82) is 0 Å². The summed E-state index contributed by atoms with van der Waals surface area (Å²) in [5, 5.41) is 3.65. The molecular weight excluding hydrogens is 256 g/mol. The lowest BCUT2D eigenvalue weighted by atomic mass is 10.0. The van der Waals surface area contributed by atoms with Crippen LogP contribution in [0.5, 0.6) is 0 Å². The summed E-state index contributed by atoms with van der Waals surface area (Å²) in [6.45, 7) is 1.29. The molecule has 1 aliphatic heterocycles. The van der Waals surface area contributed by atoms with E-state index in [1.165, 1.54) is 25.0 Å². The molecule has 0 spiro atoms. The van der Waals surface area contributed by atoms with Gasteiger partial charge in [-0.1, -0.05) is 30.7 Å². The highest BCUT2D eigenvalue weighted by atomic mass is 32.2. The molecule has 19 heavy (non-hydrogen) atoms. The standard InChI is InChI=1S/C15H22N2OS/c16-10-13-6-2-1-5-12(13)9-15(18)17-11-14-7-3-4-8-19-14/h1-2,5-6,14H,3-4,7-11,16H2,(H,17,18). The van der Waals surface area contributed by atoms with Gasteiger partial charge in [0.25, 0.3) is 0 Å². The van der Waals surface area contributed by atoms with Gasteiger partial charge in [0.2, 0.25) is 5.91 Å². The second-order valence-electron chi connectivity index (χ2n) is 4.94. The summed E-state index contributed by atoms with van der Waals surface area (Å²) in [6, 6.07) is 7.89. The maximum absolute atomic E-state index is 12.0. The first kappa shape index (κ1) is 14.4. The van der Waals surface area contributed by atoms with E-state index in [1.807, 2.05) is 36.0 Å². The third kappa shape index (κ3) is 4.55. The number of hydrogen-bond donors (Lipinski definition) is 2. The number of benzene rings is 1. The summed E-state index contributed by atoms with van der Waals surface area (Å²) in [4.78, 5) is 12.0. The monoisotopic (exact) mass is 278 g/mol. The zero-order valence-electron chi connectivity index (χ0n) is 11.2. The summed E-state index contributed by atoms with van der Waals surface area (Å²) in [5.41, 5.74) is 7.78. The van der Waals surface area contributed by atoms with E-state index in [1.54, 1.807) is 0 Å². The van der Waals surface area contributed by atoms with Crippen LogP contribution in [0.1, 0.15) is 30.4 Å². The first-order valence-corrected chi connectivity index (χ1v) is 7.99. The highest BCUT2D eigenvalue weighted by molar-refractivity contribution is 7.99. The van der Waals surface area contributed by atoms with Crippen LogP contribution < -0.4 is 11.1 Å². The number of carbonyl (C=O) groups excluding carboxylic acids is 1. The van der Waals surface area contributed by atoms with Crippen LogP contribution in [0.2, 0.25) is 0 Å². The molecule has 1 aromatic rings. The predicted octanol–water partition coefficient (Wildman–Crippen LogP) is 2.09. The Morgan fingerprint density at radius 3 is 2.79 bits per heavy atom. The van der Waals surface area contributed by atoms with Gasteiger partial charge in [0.15, 0.2) is 0 Å². The third-order valence-corrected chi connectivity index (χ3v) is 4.89. The number of nitrogens with one attached hydrogen (secondary N) is 1. The lowest BCUT2D eigenvalue weighted by molar-refractivity contribution is -0.120. The molecule has 0 aliphatic carbocycles. The van der Waals surface area contributed by atoms with Crippen LogP contribution in [0.4, 0.5) is 0 Å². The van der Waals surface area contributed by atoms with E-state index >= 15 is 0 Å². The van der Waals surface area contributed by atoms with Gasteiger partial charge in [-0.05, 0) is 29.7 Å². The molecule has 0 bridgehead atoms. The highest BCUT2D eigenvalue weighted by Gasteiger charge is 2.15. The maximum atomic E-state index is 12.0. The molecule has 0 aromatic heterocycles. The van der Waals surface area contributed by atoms with Crippen LogP contribution in [0.3, 0.4) is 0 Å². The third-order valence-electron chi connectivity index (χ3n) is 3.49. The summed E-state index contributed by atoms with van der Waals surface area (Å²) < 4.78 is 0. The van der Waals surface area contributed by atoms with Crippen molar-refractivity contribution in [3.8, 4) is 0 Å². The molecule has 1 saturated heterocycles. The Kier molecular flexibility index (Phi) is 5.73. The smallest absolute Gasteiger partial charge is 0.224 e. The van der Waals surface area contributed by atoms with Gasteiger partial charge in [-0.3, -0.25) is 4.79 Å². The molecule has 4 heteroatoms. The van der Waals surface area contributed by atoms with Crippen molar-refractivity contribution in [3.05, 3.63) is 35.4 Å². The molecule has 1 fully saturated rings. The minimum Gasteiger partial charge on any atom is -0.355 e. The van der Waals surface area contributed by atoms with Crippen molar-refractivity contribution < 1.29 is 4.79 Å². The molecular formula is C15H22N2OS. The van der Waals surface area contributed by atoms with Crippen molar-refractivity contribution in [1.82, 2.24) is 5.32 Å². The predicted molar refractivity (Wildman–Crippen MR) is 81.1 cm³/mol. The zero-order valence-corrected chi connectivity index (χ0v) is 12.0. The molecule has 3 N–H and O–H groups in total. The summed E-state index contributed by atoms with van der Waals surface area (Å²) in [5.74, 6) is 1.34. The van der Waals surface area contributed by atoms with Gasteiger partial charge < -0.3 is 11.1 Å². The SMILES string of the molecule is NCc1ccccc1CC(=O)NCC1CCCCS1. The topological polar surface area (TPSA) is 55.1 Å². The number of thioether (sulfide) groups is 1. The quantitative estimate of drug-likeness (QED) is 0.867. The molecule has 1 heterocycles. The number of carbonyl (C=O) groups is 1. The molecule has 1 aliphatic rings. The number of hydrogen-bond acceptors (Lipinski definition) is 3. The first-order valence-electron chi connectivity index (χ1n) is 6.94. The van der Waals surface area contributed by atoms with Gasteiger partial charge in [0.1, 0.15) is 0 Å². The Balaban J connectivity index is 1.80. The van der Waals surface area contributed by atoms with E-state index in [-0.39, 0.29) is 5.91 Å². The second-order valence-corrected chi connectivity index (χ2v) is 6.35. The lowest BCUT2D eigenvalue weighted by Crippen LogP contribution is -2.33. The van der Waals surface area contributed by atoms with Crippen LogP contribution >= 0.6 is 11.8 Å². The summed E-state index contributed by atoms with van der Waals surface area (Å²) in [7, 11) is 0. The molecule has 2 rings (SSSR count). The zero-order chi connectivity index (χ0) is 13.5. The fourth-order valence-corrected chi connectivity index (χ4v) is 3.60. The molecule has 1 atom stereocenters. The molecule has 3 nitrogen and oxygen atoms in total. The van der Waals surface area contributed by atoms with Crippen molar-refractivity contribution in [2.24, 2.45) is 5.73 Å². The Morgan fingerprint density at radius 1 is 1.32 bits per heavy atom. The number of nitrogens with two attached hydrogens (primary N) is 1. The van der Waals surface area contributed by atoms with E-state index in [0.717, 1.165) is 17.7 Å². The van der Waals surface area contributed by atoms with Crippen molar-refractivity contribution in [2.75, 3.05) is 12.3 Å². The van der Waals surface area contributed by atoms with Crippen molar-refractivity contribution in [3.63, 3.8) is 0 Å². The molecule has 0 saturated carbocycles. The Labute approximate surface area is 119 Å². The second kappa shape index (κ2) is 7.56. The van der Waals surface area contributed by atoms with Gasteiger partial charge in [-0.15, -0.1) is 0 Å². The number of rotatable bonds is 5. The van der Waals surface area contributed by atoms with Gasteiger partial charge >= 0.3 is 0 Å². The molecule has 0 radical (unpaired) electrons. The van der Waals surface area contributed by atoms with E-state index in [2.05, 4.69) is 5.32 Å². The Morgan fingerprint density at radius 2 is 2.11 bits per heavy atom. The summed E-state index contributed by atoms with van der Waals surface area (Å²) in [6.07, 6.45) is 4.28. The lowest BCUT2D eigenvalue weighted by Gasteiger charge is -2.21. The van der Waals surface area contributed by atoms with Gasteiger partial charge in [0.05, 0.1) is 6.42 Å². The van der Waals surface area contributed by atoms with E-state index in [9.17, 15) is 4.79 Å². The van der Waals surface area contributed by atoms with Crippen LogP contribution in [0, 0.1) is 0 Å².